The van der Waals surface area contributed by atoms with E-state index in [4.69, 9.17) is 9.97 Å². The molecule has 2 rings (SSSR count). The first-order chi connectivity index (χ1) is 9.85. The van der Waals surface area contributed by atoms with Crippen LogP contribution in [-0.2, 0) is 12.8 Å². The highest BCUT2D eigenvalue weighted by atomic mass is 14.8. The van der Waals surface area contributed by atoms with Gasteiger partial charge in [0.25, 0.3) is 0 Å². The summed E-state index contributed by atoms with van der Waals surface area (Å²) in [6, 6.07) is 8.23. The molecular formula is C18H26N2. The van der Waals surface area contributed by atoms with E-state index in [2.05, 4.69) is 26.0 Å². The first kappa shape index (κ1) is 15.0. The van der Waals surface area contributed by atoms with Gasteiger partial charge in [-0.3, -0.25) is 0 Å². The van der Waals surface area contributed by atoms with Crippen LogP contribution in [0, 0.1) is 0 Å². The Morgan fingerprint density at radius 2 is 1.15 bits per heavy atom. The van der Waals surface area contributed by atoms with Crippen molar-refractivity contribution in [2.24, 2.45) is 0 Å². The van der Waals surface area contributed by atoms with Gasteiger partial charge in [0, 0.05) is 0 Å². The van der Waals surface area contributed by atoms with Crippen LogP contribution in [0.4, 0.5) is 0 Å². The van der Waals surface area contributed by atoms with Gasteiger partial charge in [0.2, 0.25) is 0 Å². The van der Waals surface area contributed by atoms with Crippen LogP contribution in [0.25, 0.3) is 11.0 Å². The predicted octanol–water partition coefficient (Wildman–Crippen LogP) is 5.10. The van der Waals surface area contributed by atoms with Crippen molar-refractivity contribution in [3.05, 3.63) is 35.7 Å². The molecule has 0 fully saturated rings. The number of unbranched alkanes of at least 4 members (excludes halogenated alkanes) is 4. The summed E-state index contributed by atoms with van der Waals surface area (Å²) in [6.07, 6.45) is 9.68. The van der Waals surface area contributed by atoms with Crippen LogP contribution in [0.15, 0.2) is 24.3 Å². The Balaban J connectivity index is 2.21. The first-order valence-corrected chi connectivity index (χ1v) is 8.09. The third kappa shape index (κ3) is 4.03. The molecule has 1 aromatic carbocycles. The minimum atomic E-state index is 1.04. The van der Waals surface area contributed by atoms with Gasteiger partial charge >= 0.3 is 0 Å². The van der Waals surface area contributed by atoms with E-state index in [1.54, 1.807) is 0 Å². The van der Waals surface area contributed by atoms with Crippen LogP contribution < -0.4 is 0 Å². The van der Waals surface area contributed by atoms with Gasteiger partial charge < -0.3 is 0 Å². The molecule has 0 saturated heterocycles. The molecule has 0 aliphatic rings. The lowest BCUT2D eigenvalue weighted by atomic mass is 10.1. The summed E-state index contributed by atoms with van der Waals surface area (Å²) >= 11 is 0. The maximum Gasteiger partial charge on any atom is 0.0890 e. The molecule has 0 spiro atoms. The maximum atomic E-state index is 4.86. The summed E-state index contributed by atoms with van der Waals surface area (Å²) in [5.74, 6) is 0. The normalized spacial score (nSPS) is 11.1. The molecule has 20 heavy (non-hydrogen) atoms. The number of hydrogen-bond acceptors (Lipinski definition) is 2. The van der Waals surface area contributed by atoms with Gasteiger partial charge in [0.1, 0.15) is 0 Å². The summed E-state index contributed by atoms with van der Waals surface area (Å²) in [5, 5.41) is 0. The standard InChI is InChI=1S/C18H26N2/c1-3-5-7-11-15-16(12-8-6-4-2)20-18-14-10-9-13-17(18)19-15/h9-10,13-14H,3-8,11-12H2,1-2H3. The SMILES string of the molecule is CCCCCc1nc2ccccc2nc1CCCCC. The van der Waals surface area contributed by atoms with E-state index >= 15 is 0 Å². The Labute approximate surface area is 122 Å². The third-order valence-electron chi connectivity index (χ3n) is 3.76. The van der Waals surface area contributed by atoms with Crippen LogP contribution in [0.3, 0.4) is 0 Å². The highest BCUT2D eigenvalue weighted by molar-refractivity contribution is 5.74. The molecule has 0 aliphatic heterocycles. The number of para-hydroxylation sites is 2. The van der Waals surface area contributed by atoms with Gasteiger partial charge in [-0.05, 0) is 37.8 Å². The Kier molecular flexibility index (Phi) is 5.97. The van der Waals surface area contributed by atoms with Crippen molar-refractivity contribution in [3.8, 4) is 0 Å². The molecule has 2 nitrogen and oxygen atoms in total. The smallest absolute Gasteiger partial charge is 0.0890 e. The molecule has 2 aromatic rings. The van der Waals surface area contributed by atoms with Gasteiger partial charge in [-0.15, -0.1) is 0 Å². The van der Waals surface area contributed by atoms with E-state index < -0.39 is 0 Å². The van der Waals surface area contributed by atoms with Gasteiger partial charge in [-0.25, -0.2) is 9.97 Å². The fourth-order valence-electron chi connectivity index (χ4n) is 2.56. The summed E-state index contributed by atoms with van der Waals surface area (Å²) in [7, 11) is 0. The first-order valence-electron chi connectivity index (χ1n) is 8.09. The Morgan fingerprint density at radius 3 is 1.55 bits per heavy atom. The number of nitrogens with zero attached hydrogens (tertiary/aromatic N) is 2. The second-order valence-corrected chi connectivity index (χ2v) is 5.52. The van der Waals surface area contributed by atoms with E-state index in [0.29, 0.717) is 0 Å². The molecule has 0 N–H and O–H groups in total. The minimum Gasteiger partial charge on any atom is -0.249 e. The minimum absolute atomic E-state index is 1.04. The largest absolute Gasteiger partial charge is 0.249 e. The molecule has 2 heteroatoms. The van der Waals surface area contributed by atoms with Crippen molar-refractivity contribution in [2.75, 3.05) is 0 Å². The molecular weight excluding hydrogens is 244 g/mol. The highest BCUT2D eigenvalue weighted by Crippen LogP contribution is 2.17. The molecule has 0 amide bonds. The number of fused-ring (bicyclic) bond motifs is 1. The van der Waals surface area contributed by atoms with E-state index in [-0.39, 0.29) is 0 Å². The lowest BCUT2D eigenvalue weighted by molar-refractivity contribution is 0.675. The average molecular weight is 270 g/mol. The number of aromatic nitrogens is 2. The van der Waals surface area contributed by atoms with Gasteiger partial charge in [-0.1, -0.05) is 51.7 Å². The number of hydrogen-bond donors (Lipinski definition) is 0. The molecule has 1 aromatic heterocycles. The van der Waals surface area contributed by atoms with E-state index in [9.17, 15) is 0 Å². The van der Waals surface area contributed by atoms with Crippen LogP contribution in [0.2, 0.25) is 0 Å². The van der Waals surface area contributed by atoms with Crippen molar-refractivity contribution in [1.82, 2.24) is 9.97 Å². The van der Waals surface area contributed by atoms with Crippen LogP contribution >= 0.6 is 0 Å². The monoisotopic (exact) mass is 270 g/mol. The van der Waals surface area contributed by atoms with E-state index in [1.165, 1.54) is 49.9 Å². The lowest BCUT2D eigenvalue weighted by Gasteiger charge is -2.09. The zero-order valence-electron chi connectivity index (χ0n) is 12.9. The van der Waals surface area contributed by atoms with E-state index in [0.717, 1.165) is 23.9 Å². The summed E-state index contributed by atoms with van der Waals surface area (Å²) in [6.45, 7) is 4.49. The highest BCUT2D eigenvalue weighted by Gasteiger charge is 2.08. The quantitative estimate of drug-likeness (QED) is 0.624. The average Bonchev–Trinajstić information content (AvgIpc) is 2.48. The molecule has 0 radical (unpaired) electrons. The molecule has 0 saturated carbocycles. The number of rotatable bonds is 8. The van der Waals surface area contributed by atoms with Crippen molar-refractivity contribution in [3.63, 3.8) is 0 Å². The van der Waals surface area contributed by atoms with Crippen molar-refractivity contribution in [1.29, 1.82) is 0 Å². The van der Waals surface area contributed by atoms with Crippen molar-refractivity contribution < 1.29 is 0 Å². The molecule has 0 aliphatic carbocycles. The maximum absolute atomic E-state index is 4.86. The summed E-state index contributed by atoms with van der Waals surface area (Å²) in [4.78, 5) is 9.73. The second-order valence-electron chi connectivity index (χ2n) is 5.52. The van der Waals surface area contributed by atoms with Crippen LogP contribution in [0.5, 0.6) is 0 Å². The van der Waals surface area contributed by atoms with E-state index in [1.807, 2.05) is 12.1 Å². The number of benzene rings is 1. The van der Waals surface area contributed by atoms with Crippen LogP contribution in [0.1, 0.15) is 63.8 Å². The van der Waals surface area contributed by atoms with Gasteiger partial charge in [0.15, 0.2) is 0 Å². The topological polar surface area (TPSA) is 25.8 Å². The summed E-state index contributed by atoms with van der Waals surface area (Å²) in [5.41, 5.74) is 4.54. The van der Waals surface area contributed by atoms with Crippen LogP contribution in [-0.4, -0.2) is 9.97 Å². The van der Waals surface area contributed by atoms with Gasteiger partial charge in [-0.2, -0.15) is 0 Å². The second kappa shape index (κ2) is 7.98. The fourth-order valence-corrected chi connectivity index (χ4v) is 2.56. The van der Waals surface area contributed by atoms with Crippen molar-refractivity contribution >= 4 is 11.0 Å². The Hall–Kier alpha value is -1.44. The molecule has 108 valence electrons. The predicted molar refractivity (Wildman–Crippen MR) is 86.0 cm³/mol. The van der Waals surface area contributed by atoms with Crippen molar-refractivity contribution in [2.45, 2.75) is 65.2 Å². The third-order valence-corrected chi connectivity index (χ3v) is 3.76. The fraction of sp³-hybridized carbons (Fsp3) is 0.556. The Morgan fingerprint density at radius 1 is 0.700 bits per heavy atom. The molecule has 0 atom stereocenters. The molecule has 0 bridgehead atoms. The zero-order valence-corrected chi connectivity index (χ0v) is 12.9. The summed E-state index contributed by atoms with van der Waals surface area (Å²) < 4.78 is 0. The zero-order chi connectivity index (χ0) is 14.2. The van der Waals surface area contributed by atoms with Gasteiger partial charge in [0.05, 0.1) is 22.4 Å². The lowest BCUT2D eigenvalue weighted by Crippen LogP contribution is -2.03. The number of aryl methyl sites for hydroxylation is 2. The Bertz CT molecular complexity index is 485. The molecule has 1 heterocycles. The molecule has 0 unspecified atom stereocenters.